The van der Waals surface area contributed by atoms with E-state index in [1.807, 2.05) is 24.1 Å². The van der Waals surface area contributed by atoms with Crippen LogP contribution in [0.25, 0.3) is 0 Å². The Morgan fingerprint density at radius 3 is 2.68 bits per heavy atom. The minimum absolute atomic E-state index is 0. The van der Waals surface area contributed by atoms with Gasteiger partial charge in [-0.3, -0.25) is 4.79 Å². The van der Waals surface area contributed by atoms with E-state index in [2.05, 4.69) is 10.3 Å². The standard InChI is InChI=1S/C14H24N4O3.HI/c1-17(2)13(19)10-16-14(15-7-9-20-4)18(3)11-12-6-5-8-21-12;/h5-6,8H,7,9-11H2,1-4H3,(H,15,16);1H. The summed E-state index contributed by atoms with van der Waals surface area (Å²) in [7, 11) is 6.95. The number of likely N-dealkylation sites (N-methyl/N-ethyl adjacent to an activating group) is 1. The number of rotatable bonds is 7. The highest BCUT2D eigenvalue weighted by Gasteiger charge is 2.10. The monoisotopic (exact) mass is 424 g/mol. The van der Waals surface area contributed by atoms with Gasteiger partial charge in [0.25, 0.3) is 0 Å². The van der Waals surface area contributed by atoms with Crippen molar-refractivity contribution in [1.82, 2.24) is 15.1 Å². The number of nitrogens with one attached hydrogen (secondary N) is 1. The van der Waals surface area contributed by atoms with E-state index in [9.17, 15) is 4.79 Å². The van der Waals surface area contributed by atoms with Crippen molar-refractivity contribution in [2.75, 3.05) is 47.9 Å². The van der Waals surface area contributed by atoms with Crippen LogP contribution in [0.2, 0.25) is 0 Å². The molecule has 0 saturated carbocycles. The predicted molar refractivity (Wildman–Crippen MR) is 96.5 cm³/mol. The number of furan rings is 1. The molecule has 0 aromatic carbocycles. The van der Waals surface area contributed by atoms with Gasteiger partial charge < -0.3 is 24.3 Å². The van der Waals surface area contributed by atoms with Gasteiger partial charge in [-0.15, -0.1) is 24.0 Å². The molecule has 0 fully saturated rings. The van der Waals surface area contributed by atoms with Gasteiger partial charge in [0.15, 0.2) is 5.96 Å². The van der Waals surface area contributed by atoms with Gasteiger partial charge in [0.05, 0.1) is 19.4 Å². The molecule has 7 nitrogen and oxygen atoms in total. The Hall–Kier alpha value is -1.29. The number of amides is 1. The largest absolute Gasteiger partial charge is 0.467 e. The van der Waals surface area contributed by atoms with E-state index >= 15 is 0 Å². The normalized spacial score (nSPS) is 10.8. The van der Waals surface area contributed by atoms with E-state index < -0.39 is 0 Å². The molecule has 0 unspecified atom stereocenters. The molecule has 1 heterocycles. The van der Waals surface area contributed by atoms with Crippen molar-refractivity contribution in [2.45, 2.75) is 6.54 Å². The lowest BCUT2D eigenvalue weighted by Crippen LogP contribution is -2.40. The molecule has 8 heteroatoms. The second-order valence-electron chi connectivity index (χ2n) is 4.78. The minimum atomic E-state index is -0.0487. The topological polar surface area (TPSA) is 70.3 Å². The maximum atomic E-state index is 11.6. The summed E-state index contributed by atoms with van der Waals surface area (Å²) in [6.07, 6.45) is 1.63. The molecular weight excluding hydrogens is 399 g/mol. The van der Waals surface area contributed by atoms with Crippen LogP contribution in [0.15, 0.2) is 27.8 Å². The number of methoxy groups -OCH3 is 1. The van der Waals surface area contributed by atoms with E-state index in [4.69, 9.17) is 9.15 Å². The molecule has 0 radical (unpaired) electrons. The summed E-state index contributed by atoms with van der Waals surface area (Å²) in [6.45, 7) is 1.86. The highest BCUT2D eigenvalue weighted by atomic mass is 127. The molecule has 1 aromatic rings. The van der Waals surface area contributed by atoms with Gasteiger partial charge in [0.1, 0.15) is 12.3 Å². The number of aliphatic imine (C=N–C) groups is 1. The van der Waals surface area contributed by atoms with Crippen LogP contribution < -0.4 is 5.32 Å². The molecule has 0 aliphatic heterocycles. The molecule has 0 aliphatic rings. The Morgan fingerprint density at radius 2 is 2.14 bits per heavy atom. The summed E-state index contributed by atoms with van der Waals surface area (Å²) in [5.74, 6) is 1.42. The zero-order valence-corrected chi connectivity index (χ0v) is 15.9. The smallest absolute Gasteiger partial charge is 0.243 e. The first-order valence-corrected chi connectivity index (χ1v) is 6.75. The van der Waals surface area contributed by atoms with Crippen molar-refractivity contribution in [2.24, 2.45) is 4.99 Å². The quantitative estimate of drug-likeness (QED) is 0.306. The first-order valence-electron chi connectivity index (χ1n) is 6.75. The molecule has 1 N–H and O–H groups in total. The Kier molecular flexibility index (Phi) is 10.6. The number of hydrogen-bond acceptors (Lipinski definition) is 4. The second-order valence-corrected chi connectivity index (χ2v) is 4.78. The highest BCUT2D eigenvalue weighted by molar-refractivity contribution is 14.0. The molecule has 1 aromatic heterocycles. The van der Waals surface area contributed by atoms with Crippen LogP contribution in [-0.4, -0.2) is 69.6 Å². The van der Waals surface area contributed by atoms with Crippen LogP contribution >= 0.6 is 24.0 Å². The predicted octanol–water partition coefficient (Wildman–Crippen LogP) is 1.01. The minimum Gasteiger partial charge on any atom is -0.467 e. The molecule has 0 atom stereocenters. The fourth-order valence-electron chi connectivity index (χ4n) is 1.57. The third kappa shape index (κ3) is 7.64. The number of hydrogen-bond donors (Lipinski definition) is 1. The van der Waals surface area contributed by atoms with Crippen molar-refractivity contribution in [3.05, 3.63) is 24.2 Å². The zero-order valence-electron chi connectivity index (χ0n) is 13.5. The number of carbonyl (C=O) groups is 1. The molecule has 22 heavy (non-hydrogen) atoms. The van der Waals surface area contributed by atoms with Gasteiger partial charge in [-0.25, -0.2) is 4.99 Å². The number of halogens is 1. The van der Waals surface area contributed by atoms with Crippen LogP contribution in [-0.2, 0) is 16.1 Å². The molecule has 1 amide bonds. The van der Waals surface area contributed by atoms with Gasteiger partial charge in [-0.05, 0) is 12.1 Å². The van der Waals surface area contributed by atoms with Gasteiger partial charge >= 0.3 is 0 Å². The lowest BCUT2D eigenvalue weighted by molar-refractivity contribution is -0.127. The summed E-state index contributed by atoms with van der Waals surface area (Å²) in [5, 5.41) is 3.17. The van der Waals surface area contributed by atoms with Crippen molar-refractivity contribution in [3.63, 3.8) is 0 Å². The Bertz CT molecular complexity index is 449. The number of carbonyl (C=O) groups excluding carboxylic acids is 1. The molecule has 0 bridgehead atoms. The molecule has 0 aliphatic carbocycles. The van der Waals surface area contributed by atoms with Gasteiger partial charge in [-0.2, -0.15) is 0 Å². The fraction of sp³-hybridized carbons (Fsp3) is 0.571. The SMILES string of the molecule is COCCNC(=NCC(=O)N(C)C)N(C)Cc1ccco1.I. The third-order valence-corrected chi connectivity index (χ3v) is 2.79. The first-order chi connectivity index (χ1) is 10.0. The summed E-state index contributed by atoms with van der Waals surface area (Å²) in [5.41, 5.74) is 0. The molecule has 126 valence electrons. The zero-order chi connectivity index (χ0) is 15.7. The van der Waals surface area contributed by atoms with E-state index in [0.717, 1.165) is 5.76 Å². The highest BCUT2D eigenvalue weighted by Crippen LogP contribution is 2.04. The summed E-state index contributed by atoms with van der Waals surface area (Å²) < 4.78 is 10.3. The van der Waals surface area contributed by atoms with E-state index in [-0.39, 0.29) is 36.4 Å². The van der Waals surface area contributed by atoms with Gasteiger partial charge in [0.2, 0.25) is 5.91 Å². The molecular formula is C14H25IN4O3. The molecule has 1 rings (SSSR count). The third-order valence-electron chi connectivity index (χ3n) is 2.79. The van der Waals surface area contributed by atoms with Crippen molar-refractivity contribution < 1.29 is 13.9 Å². The fourth-order valence-corrected chi connectivity index (χ4v) is 1.57. The maximum Gasteiger partial charge on any atom is 0.243 e. The average Bonchev–Trinajstić information content (AvgIpc) is 2.94. The van der Waals surface area contributed by atoms with Crippen LogP contribution in [0.5, 0.6) is 0 Å². The van der Waals surface area contributed by atoms with Crippen LogP contribution in [0, 0.1) is 0 Å². The Morgan fingerprint density at radius 1 is 1.41 bits per heavy atom. The number of guanidine groups is 1. The van der Waals surface area contributed by atoms with E-state index in [1.54, 1.807) is 27.5 Å². The van der Waals surface area contributed by atoms with E-state index in [0.29, 0.717) is 25.7 Å². The summed E-state index contributed by atoms with van der Waals surface area (Å²) in [4.78, 5) is 19.4. The summed E-state index contributed by atoms with van der Waals surface area (Å²) >= 11 is 0. The van der Waals surface area contributed by atoms with Crippen LogP contribution in [0.4, 0.5) is 0 Å². The van der Waals surface area contributed by atoms with Crippen molar-refractivity contribution in [1.29, 1.82) is 0 Å². The van der Waals surface area contributed by atoms with Crippen LogP contribution in [0.1, 0.15) is 5.76 Å². The lowest BCUT2D eigenvalue weighted by atomic mass is 10.4. The van der Waals surface area contributed by atoms with Gasteiger partial charge in [-0.1, -0.05) is 0 Å². The second kappa shape index (κ2) is 11.3. The van der Waals surface area contributed by atoms with Gasteiger partial charge in [0, 0.05) is 34.8 Å². The number of nitrogens with zero attached hydrogens (tertiary/aromatic N) is 3. The molecule has 0 spiro atoms. The Balaban J connectivity index is 0.00000441. The number of ether oxygens (including phenoxy) is 1. The first kappa shape index (κ1) is 20.7. The Labute approximate surface area is 148 Å². The lowest BCUT2D eigenvalue weighted by Gasteiger charge is -2.21. The average molecular weight is 424 g/mol. The van der Waals surface area contributed by atoms with Crippen molar-refractivity contribution in [3.8, 4) is 0 Å². The maximum absolute atomic E-state index is 11.6. The summed E-state index contributed by atoms with van der Waals surface area (Å²) in [6, 6.07) is 3.74. The van der Waals surface area contributed by atoms with Crippen LogP contribution in [0.3, 0.4) is 0 Å². The van der Waals surface area contributed by atoms with Crippen molar-refractivity contribution >= 4 is 35.8 Å². The molecule has 0 saturated heterocycles. The van der Waals surface area contributed by atoms with E-state index in [1.165, 1.54) is 4.90 Å².